The van der Waals surface area contributed by atoms with Crippen LogP contribution in [0.4, 0.5) is 5.00 Å². The number of anilines is 1. The number of halogens is 1. The SMILES string of the molecule is O=S(=O)(c1ccccc1)N(Cc1ccncc1)c1sc2ccccc2c1Br. The van der Waals surface area contributed by atoms with Crippen molar-refractivity contribution in [1.29, 1.82) is 0 Å². The van der Waals surface area contributed by atoms with Gasteiger partial charge in [-0.15, -0.1) is 11.3 Å². The van der Waals surface area contributed by atoms with Gasteiger partial charge in [-0.3, -0.25) is 9.29 Å². The molecule has 0 radical (unpaired) electrons. The van der Waals surface area contributed by atoms with Crippen molar-refractivity contribution in [2.24, 2.45) is 0 Å². The maximum Gasteiger partial charge on any atom is 0.265 e. The Balaban J connectivity index is 1.89. The Morgan fingerprint density at radius 3 is 2.30 bits per heavy atom. The number of aromatic nitrogens is 1. The summed E-state index contributed by atoms with van der Waals surface area (Å²) in [6.07, 6.45) is 3.34. The van der Waals surface area contributed by atoms with Gasteiger partial charge in [-0.1, -0.05) is 36.4 Å². The van der Waals surface area contributed by atoms with Gasteiger partial charge < -0.3 is 0 Å². The van der Waals surface area contributed by atoms with Crippen LogP contribution >= 0.6 is 27.3 Å². The maximum atomic E-state index is 13.5. The Morgan fingerprint density at radius 2 is 1.59 bits per heavy atom. The van der Waals surface area contributed by atoms with Gasteiger partial charge in [0.1, 0.15) is 5.00 Å². The third-order valence-electron chi connectivity index (χ3n) is 4.15. The van der Waals surface area contributed by atoms with Crippen molar-refractivity contribution in [3.8, 4) is 0 Å². The van der Waals surface area contributed by atoms with E-state index in [-0.39, 0.29) is 11.4 Å². The van der Waals surface area contributed by atoms with Crippen molar-refractivity contribution in [2.75, 3.05) is 4.31 Å². The van der Waals surface area contributed by atoms with Crippen molar-refractivity contribution in [3.05, 3.63) is 89.2 Å². The van der Waals surface area contributed by atoms with Gasteiger partial charge in [0.05, 0.1) is 15.9 Å². The zero-order valence-electron chi connectivity index (χ0n) is 14.1. The van der Waals surface area contributed by atoms with Crippen molar-refractivity contribution in [2.45, 2.75) is 11.4 Å². The number of thiophene rings is 1. The molecule has 0 aliphatic carbocycles. The molecule has 0 atom stereocenters. The number of hydrogen-bond donors (Lipinski definition) is 0. The van der Waals surface area contributed by atoms with Gasteiger partial charge >= 0.3 is 0 Å². The van der Waals surface area contributed by atoms with E-state index in [1.54, 1.807) is 36.7 Å². The maximum absolute atomic E-state index is 13.5. The summed E-state index contributed by atoms with van der Waals surface area (Å²) in [6.45, 7) is 0.227. The fraction of sp³-hybridized carbons (Fsp3) is 0.0500. The Bertz CT molecular complexity index is 1180. The molecule has 0 unspecified atom stereocenters. The van der Waals surface area contributed by atoms with Crippen LogP contribution in [0.1, 0.15) is 5.56 Å². The van der Waals surface area contributed by atoms with Crippen molar-refractivity contribution < 1.29 is 8.42 Å². The van der Waals surface area contributed by atoms with E-state index >= 15 is 0 Å². The molecule has 4 aromatic rings. The molecule has 2 aromatic heterocycles. The zero-order chi connectivity index (χ0) is 18.9. The number of benzene rings is 2. The smallest absolute Gasteiger partial charge is 0.265 e. The lowest BCUT2D eigenvalue weighted by Gasteiger charge is -2.23. The van der Waals surface area contributed by atoms with Crippen LogP contribution in [0.3, 0.4) is 0 Å². The van der Waals surface area contributed by atoms with Gasteiger partial charge in [0, 0.05) is 22.5 Å². The first-order chi connectivity index (χ1) is 13.1. The van der Waals surface area contributed by atoms with Gasteiger partial charge in [0.2, 0.25) is 0 Å². The summed E-state index contributed by atoms with van der Waals surface area (Å²) in [5.41, 5.74) is 0.869. The summed E-state index contributed by atoms with van der Waals surface area (Å²) in [4.78, 5) is 4.29. The van der Waals surface area contributed by atoms with Gasteiger partial charge in [0.25, 0.3) is 10.0 Å². The van der Waals surface area contributed by atoms with E-state index < -0.39 is 10.0 Å². The minimum Gasteiger partial charge on any atom is -0.265 e. The van der Waals surface area contributed by atoms with Gasteiger partial charge in [0.15, 0.2) is 0 Å². The number of hydrogen-bond acceptors (Lipinski definition) is 4. The second-order valence-corrected chi connectivity index (χ2v) is 9.58. The summed E-state index contributed by atoms with van der Waals surface area (Å²) in [5, 5.41) is 1.66. The summed E-state index contributed by atoms with van der Waals surface area (Å²) in [6, 6.07) is 20.1. The van der Waals surface area contributed by atoms with Crippen molar-refractivity contribution >= 4 is 52.4 Å². The van der Waals surface area contributed by atoms with Crippen LogP contribution < -0.4 is 4.31 Å². The summed E-state index contributed by atoms with van der Waals surface area (Å²) >= 11 is 5.08. The minimum atomic E-state index is -3.73. The van der Waals surface area contributed by atoms with E-state index in [1.165, 1.54) is 15.6 Å². The molecular formula is C20H15BrN2O2S2. The number of pyridine rings is 1. The lowest BCUT2D eigenvalue weighted by Crippen LogP contribution is -2.30. The lowest BCUT2D eigenvalue weighted by atomic mass is 10.2. The van der Waals surface area contributed by atoms with Crippen molar-refractivity contribution in [1.82, 2.24) is 4.98 Å². The second kappa shape index (κ2) is 7.42. The highest BCUT2D eigenvalue weighted by Crippen LogP contribution is 2.44. The van der Waals surface area contributed by atoms with E-state index in [9.17, 15) is 8.42 Å². The largest absolute Gasteiger partial charge is 0.265 e. The highest BCUT2D eigenvalue weighted by atomic mass is 79.9. The normalized spacial score (nSPS) is 11.6. The molecule has 0 N–H and O–H groups in total. The molecule has 0 saturated heterocycles. The van der Waals surface area contributed by atoms with Gasteiger partial charge in [-0.05, 0) is 51.8 Å². The first kappa shape index (κ1) is 18.2. The summed E-state index contributed by atoms with van der Waals surface area (Å²) in [7, 11) is -3.73. The predicted molar refractivity (Wildman–Crippen MR) is 114 cm³/mol. The molecule has 0 saturated carbocycles. The molecule has 7 heteroatoms. The third-order valence-corrected chi connectivity index (χ3v) is 8.29. The third kappa shape index (κ3) is 3.50. The second-order valence-electron chi connectivity index (χ2n) is 5.90. The Labute approximate surface area is 170 Å². The van der Waals surface area contributed by atoms with E-state index in [1.807, 2.05) is 42.5 Å². The molecule has 0 amide bonds. The van der Waals surface area contributed by atoms with E-state index in [0.717, 1.165) is 20.1 Å². The molecule has 27 heavy (non-hydrogen) atoms. The molecule has 0 spiro atoms. The zero-order valence-corrected chi connectivity index (χ0v) is 17.3. The fourth-order valence-corrected chi connectivity index (χ4v) is 6.64. The average Bonchev–Trinajstić information content (AvgIpc) is 3.04. The predicted octanol–water partition coefficient (Wildman–Crippen LogP) is 5.45. The van der Waals surface area contributed by atoms with E-state index in [0.29, 0.717) is 5.00 Å². The van der Waals surface area contributed by atoms with Crippen molar-refractivity contribution in [3.63, 3.8) is 0 Å². The summed E-state index contributed by atoms with van der Waals surface area (Å²) < 4.78 is 30.2. The molecule has 136 valence electrons. The number of sulfonamides is 1. The number of rotatable bonds is 5. The first-order valence-electron chi connectivity index (χ1n) is 8.21. The number of nitrogens with zero attached hydrogens (tertiary/aromatic N) is 2. The number of fused-ring (bicyclic) bond motifs is 1. The molecule has 0 aliphatic heterocycles. The highest BCUT2D eigenvalue weighted by Gasteiger charge is 2.29. The van der Waals surface area contributed by atoms with Crippen LogP contribution in [0.15, 0.2) is 88.5 Å². The van der Waals surface area contributed by atoms with Crippen LogP contribution in [0.25, 0.3) is 10.1 Å². The lowest BCUT2D eigenvalue weighted by molar-refractivity contribution is 0.590. The van der Waals surface area contributed by atoms with E-state index in [2.05, 4.69) is 20.9 Å². The van der Waals surface area contributed by atoms with Crippen LogP contribution in [0.5, 0.6) is 0 Å². The molecule has 2 heterocycles. The highest BCUT2D eigenvalue weighted by molar-refractivity contribution is 9.10. The molecule has 0 fully saturated rings. The molecule has 4 nitrogen and oxygen atoms in total. The van der Waals surface area contributed by atoms with Crippen LogP contribution in [-0.2, 0) is 16.6 Å². The first-order valence-corrected chi connectivity index (χ1v) is 11.3. The standard InChI is InChI=1S/C20H15BrN2O2S2/c21-19-17-8-4-5-9-18(17)26-20(19)23(14-15-10-12-22-13-11-15)27(24,25)16-6-2-1-3-7-16/h1-13H,14H2. The van der Waals surface area contributed by atoms with Gasteiger partial charge in [-0.2, -0.15) is 0 Å². The Kier molecular flexibility index (Phi) is 4.99. The Hall–Kier alpha value is -2.22. The minimum absolute atomic E-state index is 0.227. The molecule has 2 aromatic carbocycles. The summed E-state index contributed by atoms with van der Waals surface area (Å²) in [5.74, 6) is 0. The molecule has 0 aliphatic rings. The molecule has 0 bridgehead atoms. The van der Waals surface area contributed by atoms with Crippen LogP contribution in [0.2, 0.25) is 0 Å². The average molecular weight is 459 g/mol. The topological polar surface area (TPSA) is 50.3 Å². The fourth-order valence-electron chi connectivity index (χ4n) is 2.80. The van der Waals surface area contributed by atoms with E-state index in [4.69, 9.17) is 0 Å². The quantitative estimate of drug-likeness (QED) is 0.399. The molecular weight excluding hydrogens is 444 g/mol. The van der Waals surface area contributed by atoms with Gasteiger partial charge in [-0.25, -0.2) is 8.42 Å². The molecule has 4 rings (SSSR count). The van der Waals surface area contributed by atoms with Crippen LogP contribution in [0, 0.1) is 0 Å². The van der Waals surface area contributed by atoms with Crippen LogP contribution in [-0.4, -0.2) is 13.4 Å². The monoisotopic (exact) mass is 458 g/mol. The Morgan fingerprint density at radius 1 is 0.926 bits per heavy atom.